The molecule has 2 heterocycles. The summed E-state index contributed by atoms with van der Waals surface area (Å²) in [5.74, 6) is 0. The summed E-state index contributed by atoms with van der Waals surface area (Å²) in [6.07, 6.45) is 3.00. The van der Waals surface area contributed by atoms with Gasteiger partial charge in [-0.1, -0.05) is 11.8 Å². The first-order valence-electron chi connectivity index (χ1n) is 3.84. The second-order valence-corrected chi connectivity index (χ2v) is 3.92. The molecule has 5 heteroatoms. The molecule has 1 aromatic rings. The molecule has 0 atom stereocenters. The van der Waals surface area contributed by atoms with Gasteiger partial charge in [-0.15, -0.1) is 0 Å². The number of nitrogens with zero attached hydrogens (tertiary/aromatic N) is 3. The maximum absolute atomic E-state index is 8.75. The van der Waals surface area contributed by atoms with Crippen molar-refractivity contribution >= 4 is 11.8 Å². The fourth-order valence-electron chi connectivity index (χ4n) is 0.929. The van der Waals surface area contributed by atoms with E-state index in [2.05, 4.69) is 16.0 Å². The Hall–Kier alpha value is -1.12. The van der Waals surface area contributed by atoms with Gasteiger partial charge in [0.15, 0.2) is 0 Å². The molecule has 0 saturated carbocycles. The van der Waals surface area contributed by atoms with Gasteiger partial charge >= 0.3 is 0 Å². The Bertz CT molecular complexity index is 345. The zero-order valence-corrected chi connectivity index (χ0v) is 7.62. The normalized spacial score (nSPS) is 16.2. The van der Waals surface area contributed by atoms with E-state index in [1.165, 1.54) is 12.5 Å². The highest BCUT2D eigenvalue weighted by Gasteiger charge is 2.21. The van der Waals surface area contributed by atoms with Crippen molar-refractivity contribution < 1.29 is 4.74 Å². The van der Waals surface area contributed by atoms with Gasteiger partial charge in [-0.05, 0) is 0 Å². The van der Waals surface area contributed by atoms with E-state index < -0.39 is 0 Å². The van der Waals surface area contributed by atoms with E-state index in [1.54, 1.807) is 11.8 Å². The number of hydrogen-bond acceptors (Lipinski definition) is 5. The number of nitriles is 1. The van der Waals surface area contributed by atoms with E-state index in [0.717, 1.165) is 18.2 Å². The SMILES string of the molecule is N#Cc1cncnc1SC1COC1. The number of aromatic nitrogens is 2. The molecule has 1 aromatic heterocycles. The predicted molar refractivity (Wildman–Crippen MR) is 47.2 cm³/mol. The Morgan fingerprint density at radius 3 is 3.08 bits per heavy atom. The van der Waals surface area contributed by atoms with E-state index in [0.29, 0.717) is 10.8 Å². The summed E-state index contributed by atoms with van der Waals surface area (Å²) >= 11 is 1.58. The molecule has 0 radical (unpaired) electrons. The average molecular weight is 193 g/mol. The zero-order valence-electron chi connectivity index (χ0n) is 6.80. The molecule has 0 unspecified atom stereocenters. The van der Waals surface area contributed by atoms with Crippen molar-refractivity contribution in [2.45, 2.75) is 10.3 Å². The summed E-state index contributed by atoms with van der Waals surface area (Å²) < 4.78 is 5.03. The third-order valence-electron chi connectivity index (χ3n) is 1.68. The number of hydrogen-bond donors (Lipinski definition) is 0. The van der Waals surface area contributed by atoms with Gasteiger partial charge in [0.05, 0.1) is 18.5 Å². The minimum Gasteiger partial charge on any atom is -0.379 e. The third-order valence-corrected chi connectivity index (χ3v) is 2.84. The Balaban J connectivity index is 2.14. The Morgan fingerprint density at radius 1 is 1.62 bits per heavy atom. The van der Waals surface area contributed by atoms with Crippen LogP contribution in [0.3, 0.4) is 0 Å². The lowest BCUT2D eigenvalue weighted by atomic mass is 10.4. The number of thioether (sulfide) groups is 1. The highest BCUT2D eigenvalue weighted by molar-refractivity contribution is 8.00. The Kier molecular flexibility index (Phi) is 2.43. The largest absolute Gasteiger partial charge is 0.379 e. The maximum Gasteiger partial charge on any atom is 0.118 e. The maximum atomic E-state index is 8.75. The average Bonchev–Trinajstić information content (AvgIpc) is 2.12. The van der Waals surface area contributed by atoms with Crippen LogP contribution < -0.4 is 0 Å². The topological polar surface area (TPSA) is 58.8 Å². The van der Waals surface area contributed by atoms with Crippen molar-refractivity contribution in [3.63, 3.8) is 0 Å². The van der Waals surface area contributed by atoms with Gasteiger partial charge in [0.1, 0.15) is 23.0 Å². The van der Waals surface area contributed by atoms with Crippen LogP contribution in [0.25, 0.3) is 0 Å². The Labute approximate surface area is 80.0 Å². The summed E-state index contributed by atoms with van der Waals surface area (Å²) in [6.45, 7) is 1.50. The smallest absolute Gasteiger partial charge is 0.118 e. The van der Waals surface area contributed by atoms with Crippen molar-refractivity contribution in [3.8, 4) is 6.07 Å². The van der Waals surface area contributed by atoms with Crippen molar-refractivity contribution in [1.29, 1.82) is 5.26 Å². The Morgan fingerprint density at radius 2 is 2.46 bits per heavy atom. The van der Waals surface area contributed by atoms with Crippen LogP contribution >= 0.6 is 11.8 Å². The summed E-state index contributed by atoms with van der Waals surface area (Å²) in [5.41, 5.74) is 0.541. The molecule has 2 rings (SSSR count). The lowest BCUT2D eigenvalue weighted by Crippen LogP contribution is -2.30. The van der Waals surface area contributed by atoms with Gasteiger partial charge in [-0.2, -0.15) is 5.26 Å². The van der Waals surface area contributed by atoms with Crippen LogP contribution in [0.1, 0.15) is 5.56 Å². The zero-order chi connectivity index (χ0) is 9.10. The quantitative estimate of drug-likeness (QED) is 0.651. The lowest BCUT2D eigenvalue weighted by Gasteiger charge is -2.24. The van der Waals surface area contributed by atoms with Crippen LogP contribution in [0.4, 0.5) is 0 Å². The van der Waals surface area contributed by atoms with Gasteiger partial charge in [-0.3, -0.25) is 0 Å². The van der Waals surface area contributed by atoms with E-state index in [4.69, 9.17) is 10.00 Å². The minimum atomic E-state index is 0.446. The predicted octanol–water partition coefficient (Wildman–Crippen LogP) is 0.839. The summed E-state index contributed by atoms with van der Waals surface area (Å²) in [6, 6.07) is 2.06. The molecule has 1 fully saturated rings. The fraction of sp³-hybridized carbons (Fsp3) is 0.375. The van der Waals surface area contributed by atoms with Crippen molar-refractivity contribution in [2.24, 2.45) is 0 Å². The second-order valence-electron chi connectivity index (χ2n) is 2.63. The van der Waals surface area contributed by atoms with Crippen molar-refractivity contribution in [3.05, 3.63) is 18.1 Å². The molecule has 13 heavy (non-hydrogen) atoms. The summed E-state index contributed by atoms with van der Waals surface area (Å²) in [5, 5.41) is 9.95. The van der Waals surface area contributed by atoms with Gasteiger partial charge in [-0.25, -0.2) is 9.97 Å². The highest BCUT2D eigenvalue weighted by Crippen LogP contribution is 2.27. The molecule has 1 aliphatic heterocycles. The van der Waals surface area contributed by atoms with Gasteiger partial charge in [0, 0.05) is 6.20 Å². The second kappa shape index (κ2) is 3.73. The molecule has 1 aliphatic rings. The molecule has 0 N–H and O–H groups in total. The lowest BCUT2D eigenvalue weighted by molar-refractivity contribution is 0.0454. The number of rotatable bonds is 2. The molecule has 1 saturated heterocycles. The number of ether oxygens (including phenoxy) is 1. The molecule has 0 bridgehead atoms. The fourth-order valence-corrected chi connectivity index (χ4v) is 1.91. The molecular formula is C8H7N3OS. The summed E-state index contributed by atoms with van der Waals surface area (Å²) in [7, 11) is 0. The van der Waals surface area contributed by atoms with Gasteiger partial charge in [0.2, 0.25) is 0 Å². The third kappa shape index (κ3) is 1.79. The van der Waals surface area contributed by atoms with Crippen LogP contribution in [0, 0.1) is 11.3 Å². The molecule has 66 valence electrons. The minimum absolute atomic E-state index is 0.446. The molecule has 0 aromatic carbocycles. The van der Waals surface area contributed by atoms with Crippen LogP contribution in [0.2, 0.25) is 0 Å². The molecule has 0 aliphatic carbocycles. The summed E-state index contributed by atoms with van der Waals surface area (Å²) in [4.78, 5) is 7.83. The molecule has 0 spiro atoms. The van der Waals surface area contributed by atoms with Gasteiger partial charge in [0.25, 0.3) is 0 Å². The van der Waals surface area contributed by atoms with Crippen molar-refractivity contribution in [1.82, 2.24) is 9.97 Å². The first-order chi connectivity index (χ1) is 6.40. The van der Waals surface area contributed by atoms with Crippen LogP contribution in [-0.2, 0) is 4.74 Å². The van der Waals surface area contributed by atoms with E-state index in [1.807, 2.05) is 0 Å². The standard InChI is InChI=1S/C8H7N3OS/c9-1-6-2-10-5-11-8(6)13-7-3-12-4-7/h2,5,7H,3-4H2. The van der Waals surface area contributed by atoms with E-state index in [-0.39, 0.29) is 0 Å². The van der Waals surface area contributed by atoms with Crippen molar-refractivity contribution in [2.75, 3.05) is 13.2 Å². The van der Waals surface area contributed by atoms with E-state index >= 15 is 0 Å². The molecule has 4 nitrogen and oxygen atoms in total. The molecule has 0 amide bonds. The van der Waals surface area contributed by atoms with Gasteiger partial charge < -0.3 is 4.74 Å². The van der Waals surface area contributed by atoms with Crippen LogP contribution in [0.5, 0.6) is 0 Å². The highest BCUT2D eigenvalue weighted by atomic mass is 32.2. The first kappa shape index (κ1) is 8.48. The monoisotopic (exact) mass is 193 g/mol. The first-order valence-corrected chi connectivity index (χ1v) is 4.72. The van der Waals surface area contributed by atoms with Crippen LogP contribution in [-0.4, -0.2) is 28.4 Å². The van der Waals surface area contributed by atoms with E-state index in [9.17, 15) is 0 Å². The molecular weight excluding hydrogens is 186 g/mol. The van der Waals surface area contributed by atoms with Crippen LogP contribution in [0.15, 0.2) is 17.6 Å².